The Bertz CT molecular complexity index is 376. The number of nitrogens with two attached hydrogens (primary N) is 1. The van der Waals surface area contributed by atoms with Crippen molar-refractivity contribution in [3.05, 3.63) is 5.69 Å². The molecule has 0 bridgehead atoms. The van der Waals surface area contributed by atoms with Gasteiger partial charge in [0, 0.05) is 6.54 Å². The lowest BCUT2D eigenvalue weighted by Gasteiger charge is -2.03. The lowest BCUT2D eigenvalue weighted by atomic mass is 10.1. The first kappa shape index (κ1) is 14.5. The van der Waals surface area contributed by atoms with Gasteiger partial charge in [-0.1, -0.05) is 37.8 Å². The van der Waals surface area contributed by atoms with E-state index in [1.807, 2.05) is 0 Å². The minimum atomic E-state index is -0.507. The van der Waals surface area contributed by atoms with Gasteiger partial charge in [-0.3, -0.25) is 0 Å². The Hall–Kier alpha value is -1.59. The van der Waals surface area contributed by atoms with Crippen molar-refractivity contribution in [1.29, 1.82) is 0 Å². The largest absolute Gasteiger partial charge is 0.461 e. The zero-order chi connectivity index (χ0) is 13.4. The van der Waals surface area contributed by atoms with Crippen LogP contribution in [0.1, 0.15) is 56.4 Å². The SMILES string of the molecule is CCCCCCCn1nnc(C(=O)OCC)c1N. The molecule has 0 aliphatic heterocycles. The van der Waals surface area contributed by atoms with E-state index in [-0.39, 0.29) is 5.69 Å². The highest BCUT2D eigenvalue weighted by Gasteiger charge is 2.17. The molecule has 18 heavy (non-hydrogen) atoms. The fourth-order valence-electron chi connectivity index (χ4n) is 1.70. The summed E-state index contributed by atoms with van der Waals surface area (Å²) in [7, 11) is 0. The fourth-order valence-corrected chi connectivity index (χ4v) is 1.70. The molecule has 102 valence electrons. The molecule has 1 heterocycles. The number of nitrogen functional groups attached to an aromatic ring is 1. The number of carbonyl (C=O) groups is 1. The van der Waals surface area contributed by atoms with Crippen LogP contribution in [-0.2, 0) is 11.3 Å². The molecule has 1 aromatic rings. The van der Waals surface area contributed by atoms with Crippen molar-refractivity contribution in [3.8, 4) is 0 Å². The van der Waals surface area contributed by atoms with Gasteiger partial charge in [0.25, 0.3) is 0 Å². The minimum Gasteiger partial charge on any atom is -0.461 e. The first-order valence-corrected chi connectivity index (χ1v) is 6.56. The van der Waals surface area contributed by atoms with Gasteiger partial charge in [-0.15, -0.1) is 5.10 Å². The van der Waals surface area contributed by atoms with Crippen molar-refractivity contribution in [2.45, 2.75) is 52.5 Å². The number of unbranched alkanes of at least 4 members (excludes halogenated alkanes) is 4. The second-order valence-electron chi connectivity index (χ2n) is 4.18. The minimum absolute atomic E-state index is 0.116. The Morgan fingerprint density at radius 2 is 2.00 bits per heavy atom. The van der Waals surface area contributed by atoms with Crippen LogP contribution in [0.25, 0.3) is 0 Å². The third kappa shape index (κ3) is 4.01. The topological polar surface area (TPSA) is 83.0 Å². The molecule has 1 aromatic heterocycles. The van der Waals surface area contributed by atoms with Gasteiger partial charge in [-0.25, -0.2) is 9.48 Å². The van der Waals surface area contributed by atoms with Gasteiger partial charge in [0.05, 0.1) is 6.61 Å². The van der Waals surface area contributed by atoms with Gasteiger partial charge < -0.3 is 10.5 Å². The van der Waals surface area contributed by atoms with E-state index in [1.54, 1.807) is 11.6 Å². The zero-order valence-corrected chi connectivity index (χ0v) is 11.2. The average Bonchev–Trinajstić information content (AvgIpc) is 2.71. The predicted octanol–water partition coefficient (Wildman–Crippen LogP) is 2.01. The molecule has 0 atom stereocenters. The number of hydrogen-bond donors (Lipinski definition) is 1. The van der Waals surface area contributed by atoms with E-state index in [9.17, 15) is 4.79 Å². The lowest BCUT2D eigenvalue weighted by Crippen LogP contribution is -2.10. The van der Waals surface area contributed by atoms with Crippen LogP contribution in [-0.4, -0.2) is 27.6 Å². The number of hydrogen-bond acceptors (Lipinski definition) is 5. The number of ether oxygens (including phenoxy) is 1. The van der Waals surface area contributed by atoms with Crippen LogP contribution in [0.5, 0.6) is 0 Å². The van der Waals surface area contributed by atoms with Crippen LogP contribution in [0, 0.1) is 0 Å². The molecule has 0 fully saturated rings. The van der Waals surface area contributed by atoms with Crippen LogP contribution in [0.4, 0.5) is 5.82 Å². The molecular formula is C12H22N4O2. The smallest absolute Gasteiger partial charge is 0.362 e. The highest BCUT2D eigenvalue weighted by Crippen LogP contribution is 2.11. The molecule has 0 aliphatic carbocycles. The summed E-state index contributed by atoms with van der Waals surface area (Å²) < 4.78 is 6.41. The first-order chi connectivity index (χ1) is 8.70. The summed E-state index contributed by atoms with van der Waals surface area (Å²) in [4.78, 5) is 11.5. The quantitative estimate of drug-likeness (QED) is 0.566. The summed E-state index contributed by atoms with van der Waals surface area (Å²) in [6.07, 6.45) is 5.83. The van der Waals surface area contributed by atoms with Crippen molar-refractivity contribution in [2.75, 3.05) is 12.3 Å². The lowest BCUT2D eigenvalue weighted by molar-refractivity contribution is 0.0520. The summed E-state index contributed by atoms with van der Waals surface area (Å²) in [5, 5.41) is 7.64. The summed E-state index contributed by atoms with van der Waals surface area (Å²) in [6, 6.07) is 0. The molecule has 0 aromatic carbocycles. The van der Waals surface area contributed by atoms with Crippen molar-refractivity contribution < 1.29 is 9.53 Å². The van der Waals surface area contributed by atoms with Gasteiger partial charge >= 0.3 is 5.97 Å². The monoisotopic (exact) mass is 254 g/mol. The van der Waals surface area contributed by atoms with E-state index in [0.29, 0.717) is 19.0 Å². The zero-order valence-electron chi connectivity index (χ0n) is 11.2. The van der Waals surface area contributed by atoms with Crippen molar-refractivity contribution in [3.63, 3.8) is 0 Å². The molecule has 0 saturated heterocycles. The molecule has 0 saturated carbocycles. The molecule has 0 amide bonds. The summed E-state index contributed by atoms with van der Waals surface area (Å²) in [5.74, 6) is -0.212. The third-order valence-corrected chi connectivity index (χ3v) is 2.72. The first-order valence-electron chi connectivity index (χ1n) is 6.56. The maximum Gasteiger partial charge on any atom is 0.362 e. The van der Waals surface area contributed by atoms with E-state index >= 15 is 0 Å². The third-order valence-electron chi connectivity index (χ3n) is 2.72. The predicted molar refractivity (Wildman–Crippen MR) is 69.1 cm³/mol. The number of aryl methyl sites for hydroxylation is 1. The Labute approximate surface area is 107 Å². The Kier molecular flexibility index (Phi) is 6.18. The summed E-state index contributed by atoms with van der Waals surface area (Å²) in [6.45, 7) is 4.93. The Morgan fingerprint density at radius 3 is 2.67 bits per heavy atom. The van der Waals surface area contributed by atoms with Crippen LogP contribution in [0.3, 0.4) is 0 Å². The van der Waals surface area contributed by atoms with E-state index in [2.05, 4.69) is 17.2 Å². The molecule has 0 spiro atoms. The van der Waals surface area contributed by atoms with Crippen molar-refractivity contribution in [2.24, 2.45) is 0 Å². The number of aromatic nitrogens is 3. The highest BCUT2D eigenvalue weighted by atomic mass is 16.5. The van der Waals surface area contributed by atoms with E-state index < -0.39 is 5.97 Å². The standard InChI is InChI=1S/C12H22N4O2/c1-3-5-6-7-8-9-16-11(13)10(14-15-16)12(17)18-4-2/h3-9,13H2,1-2H3. The molecule has 2 N–H and O–H groups in total. The summed E-state index contributed by atoms with van der Waals surface area (Å²) in [5.41, 5.74) is 5.93. The molecule has 0 unspecified atom stereocenters. The van der Waals surface area contributed by atoms with Crippen LogP contribution in [0.2, 0.25) is 0 Å². The molecule has 6 heteroatoms. The number of rotatable bonds is 8. The number of carbonyl (C=O) groups excluding carboxylic acids is 1. The Morgan fingerprint density at radius 1 is 1.28 bits per heavy atom. The second kappa shape index (κ2) is 7.68. The second-order valence-corrected chi connectivity index (χ2v) is 4.18. The maximum atomic E-state index is 11.5. The van der Waals surface area contributed by atoms with E-state index in [1.165, 1.54) is 19.3 Å². The fraction of sp³-hybridized carbons (Fsp3) is 0.750. The van der Waals surface area contributed by atoms with Crippen molar-refractivity contribution >= 4 is 11.8 Å². The van der Waals surface area contributed by atoms with Crippen molar-refractivity contribution in [1.82, 2.24) is 15.0 Å². The van der Waals surface area contributed by atoms with Gasteiger partial charge in [-0.2, -0.15) is 0 Å². The molecular weight excluding hydrogens is 232 g/mol. The molecule has 1 rings (SSSR count). The summed E-state index contributed by atoms with van der Waals surface area (Å²) >= 11 is 0. The number of esters is 1. The molecule has 0 radical (unpaired) electrons. The van der Waals surface area contributed by atoms with Crippen LogP contribution >= 0.6 is 0 Å². The molecule has 0 aliphatic rings. The molecule has 6 nitrogen and oxygen atoms in total. The Balaban J connectivity index is 2.45. The van der Waals surface area contributed by atoms with E-state index in [0.717, 1.165) is 12.8 Å². The van der Waals surface area contributed by atoms with Gasteiger partial charge in [0.2, 0.25) is 5.69 Å². The number of anilines is 1. The maximum absolute atomic E-state index is 11.5. The normalized spacial score (nSPS) is 10.6. The van der Waals surface area contributed by atoms with Crippen LogP contribution in [0.15, 0.2) is 0 Å². The van der Waals surface area contributed by atoms with Crippen LogP contribution < -0.4 is 5.73 Å². The van der Waals surface area contributed by atoms with Gasteiger partial charge in [0.15, 0.2) is 5.82 Å². The van der Waals surface area contributed by atoms with Gasteiger partial charge in [-0.05, 0) is 13.3 Å². The van der Waals surface area contributed by atoms with E-state index in [4.69, 9.17) is 10.5 Å². The van der Waals surface area contributed by atoms with Gasteiger partial charge in [0.1, 0.15) is 0 Å². The highest BCUT2D eigenvalue weighted by molar-refractivity contribution is 5.91. The average molecular weight is 254 g/mol. The number of nitrogens with zero attached hydrogens (tertiary/aromatic N) is 3.